The Labute approximate surface area is 176 Å². The second-order valence-electron chi connectivity index (χ2n) is 8.06. The number of anilines is 2. The largest absolute Gasteiger partial charge is 0.353 e. The fraction of sp³-hybridized carbons (Fsp3) is 0.571. The summed E-state index contributed by atoms with van der Waals surface area (Å²) in [6.07, 6.45) is 7.70. The van der Waals surface area contributed by atoms with Crippen LogP contribution in [0, 0.1) is 6.92 Å². The summed E-state index contributed by atoms with van der Waals surface area (Å²) in [5.74, 6) is 1.51. The van der Waals surface area contributed by atoms with Crippen LogP contribution >= 0.6 is 0 Å². The molecule has 2 aliphatic rings. The predicted molar refractivity (Wildman–Crippen MR) is 115 cm³/mol. The van der Waals surface area contributed by atoms with Gasteiger partial charge in [0.05, 0.1) is 0 Å². The van der Waals surface area contributed by atoms with Gasteiger partial charge in [-0.1, -0.05) is 19.3 Å². The number of piperazine rings is 1. The number of hydrogen-bond acceptors (Lipinski definition) is 7. The summed E-state index contributed by atoms with van der Waals surface area (Å²) in [6.45, 7) is 4.54. The molecular formula is C21H29N7O2. The fourth-order valence-electron chi connectivity index (χ4n) is 4.13. The molecule has 0 bridgehead atoms. The average Bonchev–Trinajstić information content (AvgIpc) is 2.76. The number of rotatable bonds is 5. The summed E-state index contributed by atoms with van der Waals surface area (Å²) in [7, 11) is 0. The van der Waals surface area contributed by atoms with Gasteiger partial charge < -0.3 is 15.1 Å². The van der Waals surface area contributed by atoms with Gasteiger partial charge in [0, 0.05) is 56.2 Å². The molecule has 1 amide bonds. The topological polar surface area (TPSA) is 96.3 Å². The number of aryl methyl sites for hydroxylation is 1. The van der Waals surface area contributed by atoms with E-state index in [0.29, 0.717) is 38.2 Å². The number of hydrogen-bond donors (Lipinski definition) is 1. The highest BCUT2D eigenvalue weighted by Crippen LogP contribution is 2.22. The lowest BCUT2D eigenvalue weighted by Gasteiger charge is -2.35. The maximum absolute atomic E-state index is 12.6. The number of carbonyl (C=O) groups excluding carboxylic acids is 1. The minimum Gasteiger partial charge on any atom is -0.353 e. The van der Waals surface area contributed by atoms with Crippen LogP contribution in [0.25, 0.3) is 0 Å². The zero-order valence-electron chi connectivity index (χ0n) is 17.5. The Kier molecular flexibility index (Phi) is 6.25. The minimum atomic E-state index is -0.265. The van der Waals surface area contributed by atoms with Crippen LogP contribution in [0.15, 0.2) is 29.2 Å². The molecule has 1 saturated heterocycles. The minimum absolute atomic E-state index is 0.0260. The van der Waals surface area contributed by atoms with E-state index in [-0.39, 0.29) is 18.0 Å². The molecule has 2 fully saturated rings. The monoisotopic (exact) mass is 411 g/mol. The number of aromatic nitrogens is 4. The van der Waals surface area contributed by atoms with Crippen molar-refractivity contribution in [2.75, 3.05) is 36.4 Å². The summed E-state index contributed by atoms with van der Waals surface area (Å²) >= 11 is 0. The molecule has 30 heavy (non-hydrogen) atoms. The maximum atomic E-state index is 12.6. The molecule has 3 heterocycles. The third-order valence-corrected chi connectivity index (χ3v) is 5.81. The predicted octanol–water partition coefficient (Wildman–Crippen LogP) is 1.44. The zero-order valence-corrected chi connectivity index (χ0v) is 17.5. The van der Waals surface area contributed by atoms with Crippen LogP contribution in [0.1, 0.15) is 37.8 Å². The standard InChI is InChI=1S/C21H29N7O2/c1-16-14-18(25-21(23-16)24-17-6-3-2-4-7-17)26-10-12-27(13-11-26)20(30)15-28-19(29)8-5-9-22-28/h5,8-9,14,17H,2-4,6-7,10-13,15H2,1H3,(H,23,24,25). The Balaban J connectivity index is 1.36. The van der Waals surface area contributed by atoms with Gasteiger partial charge in [0.15, 0.2) is 0 Å². The van der Waals surface area contributed by atoms with Crippen molar-refractivity contribution < 1.29 is 4.79 Å². The molecule has 1 aliphatic heterocycles. The van der Waals surface area contributed by atoms with E-state index in [0.717, 1.165) is 11.5 Å². The van der Waals surface area contributed by atoms with Crippen molar-refractivity contribution in [3.05, 3.63) is 40.4 Å². The molecule has 0 atom stereocenters. The van der Waals surface area contributed by atoms with E-state index in [9.17, 15) is 9.59 Å². The van der Waals surface area contributed by atoms with E-state index in [1.54, 1.807) is 11.0 Å². The van der Waals surface area contributed by atoms with E-state index < -0.39 is 0 Å². The van der Waals surface area contributed by atoms with Crippen molar-refractivity contribution in [3.8, 4) is 0 Å². The van der Waals surface area contributed by atoms with Crippen LogP contribution in [0.5, 0.6) is 0 Å². The Hall–Kier alpha value is -2.97. The molecule has 2 aromatic heterocycles. The molecule has 9 nitrogen and oxygen atoms in total. The highest BCUT2D eigenvalue weighted by Gasteiger charge is 2.23. The lowest BCUT2D eigenvalue weighted by molar-refractivity contribution is -0.132. The maximum Gasteiger partial charge on any atom is 0.267 e. The first kappa shape index (κ1) is 20.3. The first-order valence-electron chi connectivity index (χ1n) is 10.8. The normalized spacial score (nSPS) is 17.8. The summed E-state index contributed by atoms with van der Waals surface area (Å²) in [5.41, 5.74) is 0.672. The molecule has 9 heteroatoms. The van der Waals surface area contributed by atoms with Crippen molar-refractivity contribution in [3.63, 3.8) is 0 Å². The van der Waals surface area contributed by atoms with Gasteiger partial charge in [-0.15, -0.1) is 0 Å². The van der Waals surface area contributed by atoms with Crippen LogP contribution in [-0.2, 0) is 11.3 Å². The van der Waals surface area contributed by atoms with Crippen molar-refractivity contribution in [1.29, 1.82) is 0 Å². The second-order valence-corrected chi connectivity index (χ2v) is 8.06. The zero-order chi connectivity index (χ0) is 20.9. The molecule has 1 saturated carbocycles. The average molecular weight is 412 g/mol. The molecule has 1 aliphatic carbocycles. The quantitative estimate of drug-likeness (QED) is 0.795. The lowest BCUT2D eigenvalue weighted by atomic mass is 9.96. The molecule has 0 aromatic carbocycles. The lowest BCUT2D eigenvalue weighted by Crippen LogP contribution is -2.50. The summed E-state index contributed by atoms with van der Waals surface area (Å²) in [5, 5.41) is 7.47. The SMILES string of the molecule is Cc1cc(N2CCN(C(=O)Cn3ncccc3=O)CC2)nc(NC2CCCCC2)n1. The first-order chi connectivity index (χ1) is 14.6. The summed E-state index contributed by atoms with van der Waals surface area (Å²) < 4.78 is 1.20. The number of carbonyl (C=O) groups is 1. The molecule has 4 rings (SSSR count). The van der Waals surface area contributed by atoms with Gasteiger partial charge >= 0.3 is 0 Å². The van der Waals surface area contributed by atoms with Gasteiger partial charge in [-0.2, -0.15) is 10.1 Å². The van der Waals surface area contributed by atoms with Gasteiger partial charge in [0.25, 0.3) is 5.56 Å². The van der Waals surface area contributed by atoms with E-state index in [1.807, 2.05) is 13.0 Å². The molecule has 0 radical (unpaired) electrons. The Morgan fingerprint density at radius 2 is 1.90 bits per heavy atom. The van der Waals surface area contributed by atoms with Crippen LogP contribution in [0.4, 0.5) is 11.8 Å². The summed E-state index contributed by atoms with van der Waals surface area (Å²) in [4.78, 5) is 37.6. The molecule has 0 unspecified atom stereocenters. The highest BCUT2D eigenvalue weighted by molar-refractivity contribution is 5.76. The van der Waals surface area contributed by atoms with Crippen molar-refractivity contribution in [2.24, 2.45) is 0 Å². The van der Waals surface area contributed by atoms with Crippen molar-refractivity contribution in [1.82, 2.24) is 24.6 Å². The van der Waals surface area contributed by atoms with Crippen molar-refractivity contribution >= 4 is 17.7 Å². The van der Waals surface area contributed by atoms with Gasteiger partial charge in [0.2, 0.25) is 11.9 Å². The van der Waals surface area contributed by atoms with Gasteiger partial charge in [-0.25, -0.2) is 9.67 Å². The molecule has 160 valence electrons. The highest BCUT2D eigenvalue weighted by atomic mass is 16.2. The van der Waals surface area contributed by atoms with E-state index >= 15 is 0 Å². The third kappa shape index (κ3) is 4.95. The van der Waals surface area contributed by atoms with Crippen LogP contribution in [-0.4, -0.2) is 62.8 Å². The van der Waals surface area contributed by atoms with Gasteiger partial charge in [-0.05, 0) is 25.8 Å². The fourth-order valence-corrected chi connectivity index (χ4v) is 4.13. The molecule has 0 spiro atoms. The van der Waals surface area contributed by atoms with E-state index in [2.05, 4.69) is 20.3 Å². The third-order valence-electron chi connectivity index (χ3n) is 5.81. The Bertz CT molecular complexity index is 931. The van der Waals surface area contributed by atoms with Gasteiger partial charge in [0.1, 0.15) is 12.4 Å². The van der Waals surface area contributed by atoms with Gasteiger partial charge in [-0.3, -0.25) is 9.59 Å². The summed E-state index contributed by atoms with van der Waals surface area (Å²) in [6, 6.07) is 5.44. The number of amides is 1. The number of nitrogens with zero attached hydrogens (tertiary/aromatic N) is 6. The molecule has 2 aromatic rings. The Morgan fingerprint density at radius 1 is 1.13 bits per heavy atom. The van der Waals surface area contributed by atoms with E-state index in [4.69, 9.17) is 4.98 Å². The smallest absolute Gasteiger partial charge is 0.267 e. The van der Waals surface area contributed by atoms with Crippen LogP contribution in [0.3, 0.4) is 0 Å². The molecule has 1 N–H and O–H groups in total. The van der Waals surface area contributed by atoms with Crippen molar-refractivity contribution in [2.45, 2.75) is 51.6 Å². The first-order valence-corrected chi connectivity index (χ1v) is 10.8. The second kappa shape index (κ2) is 9.23. The molecular weight excluding hydrogens is 382 g/mol. The van der Waals surface area contributed by atoms with Crippen LogP contribution in [0.2, 0.25) is 0 Å². The number of nitrogens with one attached hydrogen (secondary N) is 1. The van der Waals surface area contributed by atoms with Crippen LogP contribution < -0.4 is 15.8 Å². The van der Waals surface area contributed by atoms with E-state index in [1.165, 1.54) is 49.0 Å². The Morgan fingerprint density at radius 3 is 2.63 bits per heavy atom.